The van der Waals surface area contributed by atoms with Gasteiger partial charge in [0.15, 0.2) is 0 Å². The number of anilines is 2. The largest absolute Gasteiger partial charge is 0.397 e. The van der Waals surface area contributed by atoms with Gasteiger partial charge in [-0.3, -0.25) is 4.79 Å². The molecule has 0 bridgehead atoms. The van der Waals surface area contributed by atoms with E-state index in [2.05, 4.69) is 5.32 Å². The Balaban J connectivity index is 2.02. The van der Waals surface area contributed by atoms with Crippen LogP contribution in [0.3, 0.4) is 0 Å². The smallest absolute Gasteiger partial charge is 0.237 e. The first-order valence-electron chi connectivity index (χ1n) is 6.55. The fraction of sp³-hybridized carbons (Fsp3) is 0.188. The summed E-state index contributed by atoms with van der Waals surface area (Å²) in [5.41, 5.74) is 8.00. The first-order chi connectivity index (χ1) is 9.97. The van der Waals surface area contributed by atoms with E-state index in [1.54, 1.807) is 18.2 Å². The Kier molecular flexibility index (Phi) is 5.15. The third kappa shape index (κ3) is 4.16. The van der Waals surface area contributed by atoms with Gasteiger partial charge in [0.25, 0.3) is 0 Å². The number of halogens is 1. The molecule has 3 N–H and O–H groups in total. The van der Waals surface area contributed by atoms with Crippen LogP contribution in [0, 0.1) is 6.92 Å². The topological polar surface area (TPSA) is 55.1 Å². The van der Waals surface area contributed by atoms with Crippen molar-refractivity contribution < 1.29 is 4.79 Å². The van der Waals surface area contributed by atoms with Crippen molar-refractivity contribution in [2.24, 2.45) is 0 Å². The van der Waals surface area contributed by atoms with Crippen molar-refractivity contribution in [3.63, 3.8) is 0 Å². The number of benzene rings is 2. The van der Waals surface area contributed by atoms with E-state index >= 15 is 0 Å². The molecule has 0 aliphatic rings. The molecule has 21 heavy (non-hydrogen) atoms. The SMILES string of the molecule is Cc1ccccc1SC(C)C(=O)Nc1ccc(Cl)c(N)c1. The standard InChI is InChI=1S/C16H17ClN2OS/c1-10-5-3-4-6-15(10)21-11(2)16(20)19-12-7-8-13(17)14(18)9-12/h3-9,11H,18H2,1-2H3,(H,19,20). The fourth-order valence-electron chi connectivity index (χ4n) is 1.80. The summed E-state index contributed by atoms with van der Waals surface area (Å²) >= 11 is 7.40. The van der Waals surface area contributed by atoms with Crippen LogP contribution in [0.4, 0.5) is 11.4 Å². The first kappa shape index (κ1) is 15.7. The van der Waals surface area contributed by atoms with E-state index in [4.69, 9.17) is 17.3 Å². The molecule has 0 saturated heterocycles. The predicted molar refractivity (Wildman–Crippen MR) is 91.0 cm³/mol. The van der Waals surface area contributed by atoms with Crippen molar-refractivity contribution in [2.75, 3.05) is 11.1 Å². The van der Waals surface area contributed by atoms with Crippen LogP contribution < -0.4 is 11.1 Å². The van der Waals surface area contributed by atoms with Gasteiger partial charge in [-0.25, -0.2) is 0 Å². The molecule has 0 aromatic heterocycles. The number of nitrogens with two attached hydrogens (primary N) is 1. The number of aryl methyl sites for hydroxylation is 1. The van der Waals surface area contributed by atoms with Crippen molar-refractivity contribution in [3.05, 3.63) is 53.1 Å². The highest BCUT2D eigenvalue weighted by molar-refractivity contribution is 8.00. The Hall–Kier alpha value is -1.65. The molecule has 2 aromatic carbocycles. The van der Waals surface area contributed by atoms with Crippen LogP contribution in [0.15, 0.2) is 47.4 Å². The molecular formula is C16H17ClN2OS. The van der Waals surface area contributed by atoms with Crippen molar-refractivity contribution in [1.82, 2.24) is 0 Å². The molecule has 5 heteroatoms. The molecule has 3 nitrogen and oxygen atoms in total. The summed E-state index contributed by atoms with van der Waals surface area (Å²) < 4.78 is 0. The molecule has 110 valence electrons. The number of hydrogen-bond donors (Lipinski definition) is 2. The zero-order chi connectivity index (χ0) is 15.4. The van der Waals surface area contributed by atoms with Crippen molar-refractivity contribution in [3.8, 4) is 0 Å². The second-order valence-corrected chi connectivity index (χ2v) is 6.54. The second kappa shape index (κ2) is 6.87. The molecule has 0 radical (unpaired) electrons. The zero-order valence-corrected chi connectivity index (χ0v) is 13.5. The highest BCUT2D eigenvalue weighted by Gasteiger charge is 2.15. The molecule has 0 aliphatic heterocycles. The molecule has 2 rings (SSSR count). The molecule has 1 unspecified atom stereocenters. The lowest BCUT2D eigenvalue weighted by molar-refractivity contribution is -0.115. The summed E-state index contributed by atoms with van der Waals surface area (Å²) in [6, 6.07) is 13.1. The monoisotopic (exact) mass is 320 g/mol. The van der Waals surface area contributed by atoms with Crippen molar-refractivity contribution >= 4 is 40.6 Å². The number of amides is 1. The minimum atomic E-state index is -0.206. The van der Waals surface area contributed by atoms with E-state index < -0.39 is 0 Å². The first-order valence-corrected chi connectivity index (χ1v) is 7.81. The molecule has 2 aromatic rings. The highest BCUT2D eigenvalue weighted by atomic mass is 35.5. The maximum atomic E-state index is 12.2. The summed E-state index contributed by atoms with van der Waals surface area (Å²) in [6.07, 6.45) is 0. The minimum Gasteiger partial charge on any atom is -0.397 e. The van der Waals surface area contributed by atoms with Crippen LogP contribution in [-0.4, -0.2) is 11.2 Å². The Morgan fingerprint density at radius 1 is 1.29 bits per heavy atom. The fourth-order valence-corrected chi connectivity index (χ4v) is 2.87. The van der Waals surface area contributed by atoms with E-state index in [1.165, 1.54) is 11.8 Å². The van der Waals surface area contributed by atoms with E-state index in [9.17, 15) is 4.79 Å². The number of hydrogen-bond acceptors (Lipinski definition) is 3. The molecule has 0 spiro atoms. The highest BCUT2D eigenvalue weighted by Crippen LogP contribution is 2.28. The predicted octanol–water partition coefficient (Wildman–Crippen LogP) is 4.35. The summed E-state index contributed by atoms with van der Waals surface area (Å²) in [4.78, 5) is 13.3. The van der Waals surface area contributed by atoms with Crippen LogP contribution in [0.1, 0.15) is 12.5 Å². The Morgan fingerprint density at radius 3 is 2.67 bits per heavy atom. The van der Waals surface area contributed by atoms with Crippen LogP contribution in [0.2, 0.25) is 5.02 Å². The summed E-state index contributed by atoms with van der Waals surface area (Å²) in [5.74, 6) is -0.0648. The Labute approximate surface area is 133 Å². The number of carbonyl (C=O) groups excluding carboxylic acids is 1. The maximum absolute atomic E-state index is 12.2. The van der Waals surface area contributed by atoms with E-state index in [0.717, 1.165) is 10.5 Å². The molecule has 0 aliphatic carbocycles. The van der Waals surface area contributed by atoms with Crippen molar-refractivity contribution in [2.45, 2.75) is 24.0 Å². The second-order valence-electron chi connectivity index (χ2n) is 4.75. The third-order valence-electron chi connectivity index (χ3n) is 3.03. The van der Waals surface area contributed by atoms with E-state index in [1.807, 2.05) is 38.1 Å². The lowest BCUT2D eigenvalue weighted by Crippen LogP contribution is -2.22. The molecule has 1 atom stereocenters. The minimum absolute atomic E-state index is 0.0648. The van der Waals surface area contributed by atoms with E-state index in [0.29, 0.717) is 16.4 Å². The average Bonchev–Trinajstić information content (AvgIpc) is 2.45. The lowest BCUT2D eigenvalue weighted by atomic mass is 10.2. The summed E-state index contributed by atoms with van der Waals surface area (Å²) in [7, 11) is 0. The van der Waals surface area contributed by atoms with Crippen LogP contribution >= 0.6 is 23.4 Å². The molecule has 0 heterocycles. The van der Waals surface area contributed by atoms with Crippen molar-refractivity contribution in [1.29, 1.82) is 0 Å². The Bertz CT molecular complexity index is 660. The maximum Gasteiger partial charge on any atom is 0.237 e. The van der Waals surface area contributed by atoms with Crippen LogP contribution in [-0.2, 0) is 4.79 Å². The molecule has 0 saturated carbocycles. The van der Waals surface area contributed by atoms with Gasteiger partial charge in [0.05, 0.1) is 16.0 Å². The lowest BCUT2D eigenvalue weighted by Gasteiger charge is -2.14. The number of thioether (sulfide) groups is 1. The quantitative estimate of drug-likeness (QED) is 0.650. The average molecular weight is 321 g/mol. The molecule has 1 amide bonds. The number of carbonyl (C=O) groups is 1. The van der Waals surface area contributed by atoms with Gasteiger partial charge in [-0.1, -0.05) is 29.8 Å². The number of rotatable bonds is 4. The van der Waals surface area contributed by atoms with Gasteiger partial charge < -0.3 is 11.1 Å². The van der Waals surface area contributed by atoms with Gasteiger partial charge in [0.1, 0.15) is 0 Å². The number of nitrogen functional groups attached to an aromatic ring is 1. The van der Waals surface area contributed by atoms with Gasteiger partial charge in [0.2, 0.25) is 5.91 Å². The summed E-state index contributed by atoms with van der Waals surface area (Å²) in [5, 5.41) is 3.13. The van der Waals surface area contributed by atoms with Crippen LogP contribution in [0.5, 0.6) is 0 Å². The Morgan fingerprint density at radius 2 is 2.00 bits per heavy atom. The van der Waals surface area contributed by atoms with Gasteiger partial charge in [-0.2, -0.15) is 0 Å². The molecular weight excluding hydrogens is 304 g/mol. The normalized spacial score (nSPS) is 12.0. The zero-order valence-electron chi connectivity index (χ0n) is 11.9. The van der Waals surface area contributed by atoms with Crippen LogP contribution in [0.25, 0.3) is 0 Å². The molecule has 0 fully saturated rings. The van der Waals surface area contributed by atoms with Gasteiger partial charge >= 0.3 is 0 Å². The third-order valence-corrected chi connectivity index (χ3v) is 4.65. The van der Waals surface area contributed by atoms with E-state index in [-0.39, 0.29) is 11.2 Å². The van der Waals surface area contributed by atoms with Gasteiger partial charge in [0, 0.05) is 10.6 Å². The van der Waals surface area contributed by atoms with Gasteiger partial charge in [-0.05, 0) is 43.7 Å². The van der Waals surface area contributed by atoms with Gasteiger partial charge in [-0.15, -0.1) is 11.8 Å². The number of nitrogens with one attached hydrogen (secondary N) is 1. The summed E-state index contributed by atoms with van der Waals surface area (Å²) in [6.45, 7) is 3.92.